The summed E-state index contributed by atoms with van der Waals surface area (Å²) in [6.45, 7) is 6.37. The first-order chi connectivity index (χ1) is 16.9. The van der Waals surface area contributed by atoms with Gasteiger partial charge in [-0.05, 0) is 70.2 Å². The van der Waals surface area contributed by atoms with Crippen molar-refractivity contribution in [2.45, 2.75) is 70.7 Å². The predicted molar refractivity (Wildman–Crippen MR) is 134 cm³/mol. The molecule has 1 aliphatic rings. The summed E-state index contributed by atoms with van der Waals surface area (Å²) in [5.41, 5.74) is 3.26. The van der Waals surface area contributed by atoms with Gasteiger partial charge in [-0.3, -0.25) is 10.3 Å². The number of aromatic nitrogens is 5. The van der Waals surface area contributed by atoms with Crippen molar-refractivity contribution >= 4 is 17.1 Å². The van der Waals surface area contributed by atoms with Gasteiger partial charge in [0, 0.05) is 25.1 Å². The zero-order valence-corrected chi connectivity index (χ0v) is 20.5. The smallest absolute Gasteiger partial charge is 0.420 e. The van der Waals surface area contributed by atoms with Gasteiger partial charge in [0.15, 0.2) is 0 Å². The molecule has 0 amide bonds. The van der Waals surface area contributed by atoms with Crippen molar-refractivity contribution in [3.8, 4) is 0 Å². The van der Waals surface area contributed by atoms with Gasteiger partial charge in [0.1, 0.15) is 11.4 Å². The maximum Gasteiger partial charge on any atom is 0.420 e. The zero-order chi connectivity index (χ0) is 24.4. The Labute approximate surface area is 205 Å². The summed E-state index contributed by atoms with van der Waals surface area (Å²) in [5, 5.41) is 3.82. The van der Waals surface area contributed by atoms with E-state index in [1.54, 1.807) is 10.8 Å². The second-order valence-electron chi connectivity index (χ2n) is 10.1. The fraction of sp³-hybridized carbons (Fsp3) is 0.407. The highest BCUT2D eigenvalue weighted by molar-refractivity contribution is 5.87. The Morgan fingerprint density at radius 1 is 1.20 bits per heavy atom. The number of nitrogens with one attached hydrogen (secondary N) is 1. The van der Waals surface area contributed by atoms with Crippen molar-refractivity contribution < 1.29 is 9.53 Å². The third kappa shape index (κ3) is 5.12. The summed E-state index contributed by atoms with van der Waals surface area (Å²) in [7, 11) is 0. The average molecular weight is 473 g/mol. The Bertz CT molecular complexity index is 1300. The van der Waals surface area contributed by atoms with Gasteiger partial charge in [-0.15, -0.1) is 0 Å². The lowest BCUT2D eigenvalue weighted by Crippen LogP contribution is -2.34. The van der Waals surface area contributed by atoms with E-state index in [1.807, 2.05) is 74.4 Å². The Morgan fingerprint density at radius 3 is 2.86 bits per heavy atom. The Balaban J connectivity index is 1.55. The highest BCUT2D eigenvalue weighted by atomic mass is 16.6. The van der Waals surface area contributed by atoms with Gasteiger partial charge in [-0.1, -0.05) is 18.2 Å². The highest BCUT2D eigenvalue weighted by Crippen LogP contribution is 2.32. The highest BCUT2D eigenvalue weighted by Gasteiger charge is 2.30. The molecule has 0 spiro atoms. The maximum absolute atomic E-state index is 13.4. The van der Waals surface area contributed by atoms with Crippen LogP contribution in [0.5, 0.6) is 0 Å². The molecule has 35 heavy (non-hydrogen) atoms. The lowest BCUT2D eigenvalue weighted by atomic mass is 9.91. The van der Waals surface area contributed by atoms with Crippen LogP contribution in [0.25, 0.3) is 11.0 Å². The number of pyridine rings is 1. The first-order valence-corrected chi connectivity index (χ1v) is 12.3. The zero-order valence-electron chi connectivity index (χ0n) is 20.5. The molecule has 182 valence electrons. The fourth-order valence-corrected chi connectivity index (χ4v) is 4.78. The van der Waals surface area contributed by atoms with E-state index in [-0.39, 0.29) is 12.1 Å². The molecule has 0 fully saturated rings. The molecule has 5 rings (SSSR count). The fourth-order valence-electron chi connectivity index (χ4n) is 4.78. The number of aryl methyl sites for hydroxylation is 2. The minimum absolute atomic E-state index is 0.0830. The molecule has 1 aromatic carbocycles. The number of rotatable bonds is 6. The third-order valence-electron chi connectivity index (χ3n) is 6.31. The van der Waals surface area contributed by atoms with E-state index in [0.29, 0.717) is 5.82 Å². The lowest BCUT2D eigenvalue weighted by Gasteiger charge is -2.30. The lowest BCUT2D eigenvalue weighted by molar-refractivity contribution is 0.0535. The van der Waals surface area contributed by atoms with Crippen molar-refractivity contribution in [1.29, 1.82) is 0 Å². The maximum atomic E-state index is 13.4. The summed E-state index contributed by atoms with van der Waals surface area (Å²) < 4.78 is 9.48. The average Bonchev–Trinajstić information content (AvgIpc) is 3.48. The van der Waals surface area contributed by atoms with E-state index in [1.165, 1.54) is 5.56 Å². The summed E-state index contributed by atoms with van der Waals surface area (Å²) in [6, 6.07) is 11.8. The second kappa shape index (κ2) is 9.62. The summed E-state index contributed by atoms with van der Waals surface area (Å²) in [4.78, 5) is 27.3. The molecule has 0 aliphatic heterocycles. The van der Waals surface area contributed by atoms with E-state index < -0.39 is 11.7 Å². The number of hydrogen-bond acceptors (Lipinski definition) is 6. The summed E-state index contributed by atoms with van der Waals surface area (Å²) in [5.74, 6) is 0.656. The van der Waals surface area contributed by atoms with Gasteiger partial charge in [-0.2, -0.15) is 0 Å². The predicted octanol–water partition coefficient (Wildman–Crippen LogP) is 5.21. The first kappa shape index (κ1) is 23.2. The van der Waals surface area contributed by atoms with Crippen LogP contribution in [0.1, 0.15) is 69.2 Å². The van der Waals surface area contributed by atoms with Crippen molar-refractivity contribution in [2.75, 3.05) is 0 Å². The van der Waals surface area contributed by atoms with Crippen LogP contribution in [0.15, 0.2) is 61.3 Å². The number of imidazole rings is 2. The van der Waals surface area contributed by atoms with E-state index in [2.05, 4.69) is 16.4 Å². The molecule has 0 saturated carbocycles. The number of para-hydroxylation sites is 2. The van der Waals surface area contributed by atoms with Crippen LogP contribution in [-0.2, 0) is 17.7 Å². The summed E-state index contributed by atoms with van der Waals surface area (Å²) >= 11 is 0. The standard InChI is InChI=1S/C27H32N6O2/c1-27(2,3)35-26(34)33-23-12-5-4-10-20(23)31-25(33)22(13-16-32-17-15-28-18-32)30-21-11-6-8-19-9-7-14-29-24(19)21/h4-5,7,9-10,12,14-15,17-18,21-22,30H,6,8,11,13,16H2,1-3H3. The van der Waals surface area contributed by atoms with Gasteiger partial charge in [0.25, 0.3) is 0 Å². The molecule has 0 saturated heterocycles. The van der Waals surface area contributed by atoms with Gasteiger partial charge < -0.3 is 9.30 Å². The molecule has 0 bridgehead atoms. The van der Waals surface area contributed by atoms with Crippen LogP contribution in [0.4, 0.5) is 4.79 Å². The van der Waals surface area contributed by atoms with Gasteiger partial charge >= 0.3 is 6.09 Å². The first-order valence-electron chi connectivity index (χ1n) is 12.3. The van der Waals surface area contributed by atoms with Crippen molar-refractivity contribution in [3.63, 3.8) is 0 Å². The normalized spacial score (nSPS) is 16.7. The second-order valence-corrected chi connectivity index (χ2v) is 10.1. The molecular formula is C27H32N6O2. The molecule has 1 aliphatic carbocycles. The van der Waals surface area contributed by atoms with E-state index in [9.17, 15) is 4.79 Å². The number of fused-ring (bicyclic) bond motifs is 2. The van der Waals surface area contributed by atoms with Crippen LogP contribution in [0, 0.1) is 0 Å². The summed E-state index contributed by atoms with van der Waals surface area (Å²) in [6.07, 6.45) is 10.8. The van der Waals surface area contributed by atoms with E-state index in [0.717, 1.165) is 49.0 Å². The van der Waals surface area contributed by atoms with Gasteiger partial charge in [0.05, 0.1) is 35.1 Å². The number of carbonyl (C=O) groups is 1. The SMILES string of the molecule is CC(C)(C)OC(=O)n1c(C(CCn2ccnc2)NC2CCCc3cccnc32)nc2ccccc21. The van der Waals surface area contributed by atoms with Crippen molar-refractivity contribution in [1.82, 2.24) is 29.4 Å². The van der Waals surface area contributed by atoms with Crippen molar-refractivity contribution in [2.24, 2.45) is 0 Å². The van der Waals surface area contributed by atoms with Gasteiger partial charge in [-0.25, -0.2) is 19.3 Å². The molecule has 3 heterocycles. The Hall–Kier alpha value is -3.52. The monoisotopic (exact) mass is 472 g/mol. The molecular weight excluding hydrogens is 440 g/mol. The molecule has 2 atom stereocenters. The molecule has 3 aromatic heterocycles. The molecule has 0 radical (unpaired) electrons. The van der Waals surface area contributed by atoms with E-state index >= 15 is 0 Å². The molecule has 4 aromatic rings. The Kier molecular flexibility index (Phi) is 6.38. The number of ether oxygens (including phenoxy) is 1. The topological polar surface area (TPSA) is 86.9 Å². The minimum Gasteiger partial charge on any atom is -0.443 e. The van der Waals surface area contributed by atoms with E-state index in [4.69, 9.17) is 14.7 Å². The van der Waals surface area contributed by atoms with Crippen LogP contribution < -0.4 is 5.32 Å². The van der Waals surface area contributed by atoms with Gasteiger partial charge in [0.2, 0.25) is 0 Å². The van der Waals surface area contributed by atoms with Crippen LogP contribution in [0.3, 0.4) is 0 Å². The largest absolute Gasteiger partial charge is 0.443 e. The van der Waals surface area contributed by atoms with Crippen molar-refractivity contribution in [3.05, 3.63) is 78.4 Å². The molecule has 8 heteroatoms. The number of nitrogens with zero attached hydrogens (tertiary/aromatic N) is 5. The number of carbonyl (C=O) groups excluding carboxylic acids is 1. The Morgan fingerprint density at radius 2 is 2.06 bits per heavy atom. The quantitative estimate of drug-likeness (QED) is 0.415. The minimum atomic E-state index is -0.619. The molecule has 1 N–H and O–H groups in total. The van der Waals surface area contributed by atoms with Crippen LogP contribution in [-0.4, -0.2) is 35.8 Å². The third-order valence-corrected chi connectivity index (χ3v) is 6.31. The van der Waals surface area contributed by atoms with Crippen LogP contribution >= 0.6 is 0 Å². The molecule has 2 unspecified atom stereocenters. The number of benzene rings is 1. The number of hydrogen-bond donors (Lipinski definition) is 1. The van der Waals surface area contributed by atoms with Crippen LogP contribution in [0.2, 0.25) is 0 Å². The molecule has 8 nitrogen and oxygen atoms in total.